The van der Waals surface area contributed by atoms with Crippen molar-refractivity contribution in [1.29, 1.82) is 0 Å². The average Bonchev–Trinajstić information content (AvgIpc) is 2.53. The molecule has 24 heavy (non-hydrogen) atoms. The van der Waals surface area contributed by atoms with Gasteiger partial charge in [0, 0.05) is 0 Å². The zero-order valence-corrected chi connectivity index (χ0v) is 13.0. The summed E-state index contributed by atoms with van der Waals surface area (Å²) < 4.78 is 18.6. The van der Waals surface area contributed by atoms with E-state index < -0.39 is 24.4 Å². The lowest BCUT2D eigenvalue weighted by molar-refractivity contribution is -0.142. The second kappa shape index (κ2) is 6.31. The molecule has 3 rings (SSSR count). The fourth-order valence-electron chi connectivity index (χ4n) is 2.66. The summed E-state index contributed by atoms with van der Waals surface area (Å²) in [6, 6.07) is 11.2. The lowest BCUT2D eigenvalue weighted by Gasteiger charge is -2.34. The molecule has 0 spiro atoms. The molecule has 1 amide bonds. The first-order valence-corrected chi connectivity index (χ1v) is 7.49. The monoisotopic (exact) mass is 329 g/mol. The molecule has 5 nitrogen and oxygen atoms in total. The summed E-state index contributed by atoms with van der Waals surface area (Å²) >= 11 is 0. The Labute approximate surface area is 138 Å². The van der Waals surface area contributed by atoms with Gasteiger partial charge < -0.3 is 14.7 Å². The van der Waals surface area contributed by atoms with E-state index in [9.17, 15) is 14.0 Å². The first kappa shape index (κ1) is 16.0. The highest BCUT2D eigenvalue weighted by Gasteiger charge is 2.35. The molecule has 1 aliphatic heterocycles. The minimum Gasteiger partial charge on any atom is -0.481 e. The topological polar surface area (TPSA) is 66.8 Å². The van der Waals surface area contributed by atoms with Crippen LogP contribution in [0.25, 0.3) is 0 Å². The minimum atomic E-state index is -1.11. The number of benzene rings is 2. The Balaban J connectivity index is 1.97. The van der Waals surface area contributed by atoms with Crippen molar-refractivity contribution >= 4 is 17.6 Å². The smallest absolute Gasteiger partial charge is 0.307 e. The van der Waals surface area contributed by atoms with Crippen LogP contribution in [0.2, 0.25) is 0 Å². The number of aliphatic carboxylic acids is 1. The number of carbonyl (C=O) groups is 2. The van der Waals surface area contributed by atoms with E-state index in [2.05, 4.69) is 0 Å². The van der Waals surface area contributed by atoms with Crippen LogP contribution < -0.4 is 9.64 Å². The second-order valence-electron chi connectivity index (χ2n) is 5.73. The van der Waals surface area contributed by atoms with Gasteiger partial charge in [0.1, 0.15) is 11.6 Å². The number of carbonyl (C=O) groups excluding carboxylic acids is 1. The quantitative estimate of drug-likeness (QED) is 0.936. The molecule has 1 atom stereocenters. The molecular formula is C18H16FNO4. The molecule has 1 N–H and O–H groups in total. The Morgan fingerprint density at radius 2 is 1.96 bits per heavy atom. The van der Waals surface area contributed by atoms with Crippen molar-refractivity contribution in [2.24, 2.45) is 0 Å². The van der Waals surface area contributed by atoms with Gasteiger partial charge in [0.2, 0.25) is 0 Å². The number of ether oxygens (including phenoxy) is 1. The fourth-order valence-corrected chi connectivity index (χ4v) is 2.66. The summed E-state index contributed by atoms with van der Waals surface area (Å²) in [5.74, 6) is -1.41. The summed E-state index contributed by atoms with van der Waals surface area (Å²) in [6.45, 7) is 2.11. The maximum absolute atomic E-state index is 13.1. The van der Waals surface area contributed by atoms with E-state index in [-0.39, 0.29) is 12.4 Å². The van der Waals surface area contributed by atoms with Gasteiger partial charge in [-0.2, -0.15) is 0 Å². The van der Waals surface area contributed by atoms with Gasteiger partial charge in [-0.15, -0.1) is 0 Å². The zero-order chi connectivity index (χ0) is 17.3. The summed E-state index contributed by atoms with van der Waals surface area (Å²) in [4.78, 5) is 25.2. The van der Waals surface area contributed by atoms with Gasteiger partial charge in [-0.05, 0) is 42.3 Å². The third-order valence-corrected chi connectivity index (χ3v) is 3.83. The molecule has 0 aromatic heterocycles. The van der Waals surface area contributed by atoms with Crippen LogP contribution in [0.5, 0.6) is 5.75 Å². The standard InChI is InChI=1S/C18H16FNO4/c1-11-2-7-15-14(8-11)20(10-12-3-5-13(19)6-4-12)18(23)16(24-15)9-17(21)22/h2-8,16H,9-10H2,1H3,(H,21,22). The number of halogens is 1. The molecule has 1 aliphatic rings. The molecule has 0 radical (unpaired) electrons. The van der Waals surface area contributed by atoms with E-state index in [0.29, 0.717) is 11.4 Å². The molecule has 2 aromatic carbocycles. The van der Waals surface area contributed by atoms with Gasteiger partial charge >= 0.3 is 5.97 Å². The van der Waals surface area contributed by atoms with Crippen LogP contribution >= 0.6 is 0 Å². The Kier molecular flexibility index (Phi) is 4.20. The molecule has 1 heterocycles. The molecule has 6 heteroatoms. The first-order valence-electron chi connectivity index (χ1n) is 7.49. The number of hydrogen-bond donors (Lipinski definition) is 1. The molecule has 0 bridgehead atoms. The van der Waals surface area contributed by atoms with Gasteiger partial charge in [0.05, 0.1) is 18.7 Å². The van der Waals surface area contributed by atoms with E-state index in [4.69, 9.17) is 9.84 Å². The third-order valence-electron chi connectivity index (χ3n) is 3.83. The third kappa shape index (κ3) is 3.22. The zero-order valence-electron chi connectivity index (χ0n) is 13.0. The van der Waals surface area contributed by atoms with Crippen LogP contribution in [0.4, 0.5) is 10.1 Å². The SMILES string of the molecule is Cc1ccc2c(c1)N(Cc1ccc(F)cc1)C(=O)C(CC(=O)O)O2. The normalized spacial score (nSPS) is 16.5. The number of anilines is 1. The molecule has 2 aromatic rings. The van der Waals surface area contributed by atoms with E-state index in [1.54, 1.807) is 18.2 Å². The number of carboxylic acid groups (broad SMARTS) is 1. The highest BCUT2D eigenvalue weighted by molar-refractivity contribution is 6.01. The van der Waals surface area contributed by atoms with Gasteiger partial charge in [0.15, 0.2) is 6.10 Å². The number of hydrogen-bond acceptors (Lipinski definition) is 3. The van der Waals surface area contributed by atoms with Crippen molar-refractivity contribution in [1.82, 2.24) is 0 Å². The molecule has 0 saturated heterocycles. The van der Waals surface area contributed by atoms with Gasteiger partial charge in [-0.25, -0.2) is 4.39 Å². The Hall–Kier alpha value is -2.89. The van der Waals surface area contributed by atoms with Gasteiger partial charge in [-0.3, -0.25) is 9.59 Å². The predicted octanol–water partition coefficient (Wildman–Crippen LogP) is 2.90. The number of aryl methyl sites for hydroxylation is 1. The maximum Gasteiger partial charge on any atom is 0.307 e. The van der Waals surface area contributed by atoms with Crippen molar-refractivity contribution < 1.29 is 23.8 Å². The molecule has 0 saturated carbocycles. The first-order chi connectivity index (χ1) is 11.4. The van der Waals surface area contributed by atoms with Crippen LogP contribution in [0.15, 0.2) is 42.5 Å². The Morgan fingerprint density at radius 3 is 2.62 bits per heavy atom. The number of nitrogens with zero attached hydrogens (tertiary/aromatic N) is 1. The van der Waals surface area contributed by atoms with E-state index in [1.807, 2.05) is 19.1 Å². The van der Waals surface area contributed by atoms with Crippen LogP contribution in [0.3, 0.4) is 0 Å². The Bertz CT molecular complexity index is 788. The largest absolute Gasteiger partial charge is 0.481 e. The summed E-state index contributed by atoms with van der Waals surface area (Å²) in [5.41, 5.74) is 2.28. The fraction of sp³-hybridized carbons (Fsp3) is 0.222. The van der Waals surface area contributed by atoms with Gasteiger partial charge in [0.25, 0.3) is 5.91 Å². The average molecular weight is 329 g/mol. The van der Waals surface area contributed by atoms with Crippen LogP contribution in [0, 0.1) is 12.7 Å². The second-order valence-corrected chi connectivity index (χ2v) is 5.73. The number of carboxylic acids is 1. The summed E-state index contributed by atoms with van der Waals surface area (Å²) in [6.07, 6.45) is -1.48. The molecule has 1 unspecified atom stereocenters. The molecule has 0 fully saturated rings. The van der Waals surface area contributed by atoms with Crippen molar-refractivity contribution in [2.75, 3.05) is 4.90 Å². The molecular weight excluding hydrogens is 313 g/mol. The lowest BCUT2D eigenvalue weighted by atomic mass is 10.1. The van der Waals surface area contributed by atoms with Crippen LogP contribution in [-0.2, 0) is 16.1 Å². The molecule has 124 valence electrons. The van der Waals surface area contributed by atoms with Crippen molar-refractivity contribution in [3.05, 3.63) is 59.4 Å². The number of amides is 1. The highest BCUT2D eigenvalue weighted by Crippen LogP contribution is 2.36. The van der Waals surface area contributed by atoms with E-state index in [0.717, 1.165) is 11.1 Å². The van der Waals surface area contributed by atoms with Crippen molar-refractivity contribution in [3.63, 3.8) is 0 Å². The highest BCUT2D eigenvalue weighted by atomic mass is 19.1. The minimum absolute atomic E-state index is 0.217. The van der Waals surface area contributed by atoms with Crippen LogP contribution in [0.1, 0.15) is 17.5 Å². The predicted molar refractivity (Wildman–Crippen MR) is 85.4 cm³/mol. The molecule has 0 aliphatic carbocycles. The lowest BCUT2D eigenvalue weighted by Crippen LogP contribution is -2.46. The van der Waals surface area contributed by atoms with E-state index in [1.165, 1.54) is 17.0 Å². The van der Waals surface area contributed by atoms with E-state index >= 15 is 0 Å². The Morgan fingerprint density at radius 1 is 1.25 bits per heavy atom. The number of rotatable bonds is 4. The number of fused-ring (bicyclic) bond motifs is 1. The van der Waals surface area contributed by atoms with Crippen molar-refractivity contribution in [2.45, 2.75) is 26.0 Å². The van der Waals surface area contributed by atoms with Crippen LogP contribution in [-0.4, -0.2) is 23.1 Å². The van der Waals surface area contributed by atoms with Gasteiger partial charge in [-0.1, -0.05) is 18.2 Å². The summed E-state index contributed by atoms with van der Waals surface area (Å²) in [5, 5.41) is 8.99. The summed E-state index contributed by atoms with van der Waals surface area (Å²) in [7, 11) is 0. The maximum atomic E-state index is 13.1. The van der Waals surface area contributed by atoms with Crippen molar-refractivity contribution in [3.8, 4) is 5.75 Å².